The molecule has 0 aliphatic carbocycles. The fraction of sp³-hybridized carbons (Fsp3) is 1.00. The van der Waals surface area contributed by atoms with Gasteiger partial charge < -0.3 is 9.64 Å². The van der Waals surface area contributed by atoms with Crippen LogP contribution in [0.5, 0.6) is 0 Å². The molecule has 1 heterocycles. The Morgan fingerprint density at radius 2 is 2.08 bits per heavy atom. The van der Waals surface area contributed by atoms with E-state index >= 15 is 0 Å². The van der Waals surface area contributed by atoms with Crippen LogP contribution in [0, 0.1) is 4.91 Å². The van der Waals surface area contributed by atoms with E-state index in [-0.39, 0.29) is 6.10 Å². The zero-order valence-corrected chi connectivity index (χ0v) is 7.86. The summed E-state index contributed by atoms with van der Waals surface area (Å²) in [5.74, 6) is 0. The molecule has 0 aromatic rings. The summed E-state index contributed by atoms with van der Waals surface area (Å²) >= 11 is 0. The van der Waals surface area contributed by atoms with Gasteiger partial charge in [0.25, 0.3) is 0 Å². The second-order valence-electron chi connectivity index (χ2n) is 3.60. The highest BCUT2D eigenvalue weighted by Gasteiger charge is 2.28. The average molecular weight is 172 g/mol. The summed E-state index contributed by atoms with van der Waals surface area (Å²) in [5, 5.41) is 2.93. The lowest BCUT2D eigenvalue weighted by molar-refractivity contribution is -0.0630. The van der Waals surface area contributed by atoms with Crippen LogP contribution in [0.3, 0.4) is 0 Å². The molecule has 0 aromatic heterocycles. The zero-order chi connectivity index (χ0) is 9.14. The monoisotopic (exact) mass is 172 g/mol. The van der Waals surface area contributed by atoms with Crippen LogP contribution in [-0.4, -0.2) is 37.4 Å². The third kappa shape index (κ3) is 2.25. The maximum atomic E-state index is 10.3. The Balaban J connectivity index is 2.50. The van der Waals surface area contributed by atoms with Crippen LogP contribution in [0.4, 0.5) is 0 Å². The van der Waals surface area contributed by atoms with Crippen molar-refractivity contribution in [3.63, 3.8) is 0 Å². The van der Waals surface area contributed by atoms with Crippen molar-refractivity contribution in [2.45, 2.75) is 38.1 Å². The van der Waals surface area contributed by atoms with Gasteiger partial charge in [0.05, 0.1) is 6.10 Å². The molecule has 0 spiro atoms. The third-order valence-electron chi connectivity index (χ3n) is 2.31. The minimum atomic E-state index is -0.443. The van der Waals surface area contributed by atoms with Crippen LogP contribution in [0.25, 0.3) is 0 Å². The summed E-state index contributed by atoms with van der Waals surface area (Å²) in [7, 11) is 4.04. The van der Waals surface area contributed by atoms with Crippen molar-refractivity contribution in [1.82, 2.24) is 4.90 Å². The number of rotatable bonds is 2. The summed E-state index contributed by atoms with van der Waals surface area (Å²) in [6.07, 6.45) is 1.41. The zero-order valence-electron chi connectivity index (χ0n) is 7.86. The molecule has 1 saturated heterocycles. The second kappa shape index (κ2) is 3.96. The lowest BCUT2D eigenvalue weighted by Crippen LogP contribution is -2.40. The topological polar surface area (TPSA) is 41.9 Å². The van der Waals surface area contributed by atoms with Crippen molar-refractivity contribution in [3.8, 4) is 0 Å². The van der Waals surface area contributed by atoms with Crippen molar-refractivity contribution in [3.05, 3.63) is 4.91 Å². The Bertz CT molecular complexity index is 161. The molecule has 0 saturated carbocycles. The SMILES string of the molecule is CC1CC(N(C)C)CC(N=O)O1. The van der Waals surface area contributed by atoms with Crippen molar-refractivity contribution >= 4 is 0 Å². The largest absolute Gasteiger partial charge is 0.350 e. The molecular formula is C8H16N2O2. The van der Waals surface area contributed by atoms with Gasteiger partial charge in [-0.1, -0.05) is 0 Å². The first-order valence-electron chi connectivity index (χ1n) is 4.28. The van der Waals surface area contributed by atoms with E-state index in [0.717, 1.165) is 12.8 Å². The van der Waals surface area contributed by atoms with Gasteiger partial charge in [-0.3, -0.25) is 0 Å². The van der Waals surface area contributed by atoms with E-state index in [4.69, 9.17) is 4.74 Å². The summed E-state index contributed by atoms with van der Waals surface area (Å²) in [6.45, 7) is 1.98. The van der Waals surface area contributed by atoms with E-state index < -0.39 is 6.23 Å². The molecule has 0 bridgehead atoms. The molecule has 0 aromatic carbocycles. The molecule has 3 atom stereocenters. The Morgan fingerprint density at radius 1 is 1.42 bits per heavy atom. The normalized spacial score (nSPS) is 36.8. The predicted molar refractivity (Wildman–Crippen MR) is 46.8 cm³/mol. The first kappa shape index (κ1) is 9.61. The Morgan fingerprint density at radius 3 is 2.58 bits per heavy atom. The van der Waals surface area contributed by atoms with Crippen LogP contribution in [0.2, 0.25) is 0 Å². The quantitative estimate of drug-likeness (QED) is 0.588. The van der Waals surface area contributed by atoms with Crippen LogP contribution >= 0.6 is 0 Å². The fourth-order valence-corrected chi connectivity index (χ4v) is 1.58. The molecule has 70 valence electrons. The van der Waals surface area contributed by atoms with Crippen molar-refractivity contribution < 1.29 is 4.74 Å². The first-order chi connectivity index (χ1) is 5.63. The summed E-state index contributed by atoms with van der Waals surface area (Å²) in [5.41, 5.74) is 0. The van der Waals surface area contributed by atoms with Crippen LogP contribution in [0.1, 0.15) is 19.8 Å². The van der Waals surface area contributed by atoms with Crippen molar-refractivity contribution in [2.24, 2.45) is 5.18 Å². The van der Waals surface area contributed by atoms with Gasteiger partial charge in [-0.05, 0) is 32.6 Å². The van der Waals surface area contributed by atoms with E-state index in [1.165, 1.54) is 0 Å². The molecule has 1 aliphatic rings. The highest BCUT2D eigenvalue weighted by atomic mass is 16.5. The highest BCUT2D eigenvalue weighted by Crippen LogP contribution is 2.22. The van der Waals surface area contributed by atoms with Gasteiger partial charge >= 0.3 is 0 Å². The number of hydrogen-bond donors (Lipinski definition) is 0. The predicted octanol–water partition coefficient (Wildman–Crippen LogP) is 1.21. The molecule has 0 amide bonds. The minimum absolute atomic E-state index is 0.147. The van der Waals surface area contributed by atoms with Gasteiger partial charge in [0.15, 0.2) is 6.23 Å². The van der Waals surface area contributed by atoms with Gasteiger partial charge in [0.2, 0.25) is 0 Å². The molecular weight excluding hydrogens is 156 g/mol. The van der Waals surface area contributed by atoms with E-state index in [0.29, 0.717) is 6.04 Å². The summed E-state index contributed by atoms with van der Waals surface area (Å²) in [4.78, 5) is 12.4. The second-order valence-corrected chi connectivity index (χ2v) is 3.60. The molecule has 0 N–H and O–H groups in total. The maximum absolute atomic E-state index is 10.3. The van der Waals surface area contributed by atoms with Gasteiger partial charge in [-0.15, -0.1) is 4.91 Å². The Labute approximate surface area is 72.9 Å². The molecule has 3 unspecified atom stereocenters. The molecule has 4 nitrogen and oxygen atoms in total. The summed E-state index contributed by atoms with van der Waals surface area (Å²) in [6, 6.07) is 0.427. The molecule has 1 rings (SSSR count). The number of nitrogens with zero attached hydrogens (tertiary/aromatic N) is 2. The van der Waals surface area contributed by atoms with Crippen LogP contribution in [0.15, 0.2) is 5.18 Å². The van der Waals surface area contributed by atoms with Gasteiger partial charge in [-0.25, -0.2) is 0 Å². The fourth-order valence-electron chi connectivity index (χ4n) is 1.58. The highest BCUT2D eigenvalue weighted by molar-refractivity contribution is 4.78. The molecule has 0 radical (unpaired) electrons. The van der Waals surface area contributed by atoms with E-state index in [2.05, 4.69) is 10.1 Å². The standard InChI is InChI=1S/C8H16N2O2/c1-6-4-7(10(2)3)5-8(9-11)12-6/h6-8H,4-5H2,1-3H3. The van der Waals surface area contributed by atoms with Crippen LogP contribution < -0.4 is 0 Å². The van der Waals surface area contributed by atoms with E-state index in [1.54, 1.807) is 0 Å². The Hall–Kier alpha value is -0.480. The molecule has 12 heavy (non-hydrogen) atoms. The Kier molecular flexibility index (Phi) is 3.17. The molecule has 1 aliphatic heterocycles. The lowest BCUT2D eigenvalue weighted by atomic mass is 10.0. The number of nitroso groups, excluding NO2 is 1. The van der Waals surface area contributed by atoms with Gasteiger partial charge in [0, 0.05) is 12.5 Å². The van der Waals surface area contributed by atoms with Crippen molar-refractivity contribution in [1.29, 1.82) is 0 Å². The van der Waals surface area contributed by atoms with Crippen molar-refractivity contribution in [2.75, 3.05) is 14.1 Å². The average Bonchev–Trinajstić information content (AvgIpc) is 2.03. The van der Waals surface area contributed by atoms with E-state index in [1.807, 2.05) is 21.0 Å². The lowest BCUT2D eigenvalue weighted by Gasteiger charge is -2.34. The number of ether oxygens (including phenoxy) is 1. The molecule has 1 fully saturated rings. The van der Waals surface area contributed by atoms with E-state index in [9.17, 15) is 4.91 Å². The van der Waals surface area contributed by atoms with Gasteiger partial charge in [0.1, 0.15) is 0 Å². The number of hydrogen-bond acceptors (Lipinski definition) is 4. The first-order valence-corrected chi connectivity index (χ1v) is 4.28. The summed E-state index contributed by atoms with van der Waals surface area (Å²) < 4.78 is 5.31. The molecule has 4 heteroatoms. The van der Waals surface area contributed by atoms with Gasteiger partial charge in [-0.2, -0.15) is 0 Å². The smallest absolute Gasteiger partial charge is 0.191 e. The van der Waals surface area contributed by atoms with Crippen LogP contribution in [-0.2, 0) is 4.74 Å². The minimum Gasteiger partial charge on any atom is -0.350 e. The third-order valence-corrected chi connectivity index (χ3v) is 2.31. The maximum Gasteiger partial charge on any atom is 0.191 e.